The molecule has 0 atom stereocenters. The summed E-state index contributed by atoms with van der Waals surface area (Å²) < 4.78 is 27.6. The second-order valence-electron chi connectivity index (χ2n) is 3.95. The van der Waals surface area contributed by atoms with Crippen LogP contribution in [0.5, 0.6) is 0 Å². The van der Waals surface area contributed by atoms with Gasteiger partial charge in [-0.05, 0) is 12.1 Å². The molecule has 0 spiro atoms. The Kier molecular flexibility index (Phi) is 3.82. The lowest BCUT2D eigenvalue weighted by Crippen LogP contribution is -2.16. The Balaban J connectivity index is 2.04. The second kappa shape index (κ2) is 5.37. The van der Waals surface area contributed by atoms with E-state index in [0.29, 0.717) is 30.4 Å². The highest BCUT2D eigenvalue weighted by atomic mass is 32.2. The smallest absolute Gasteiger partial charge is 0.240 e. The maximum atomic E-state index is 11.4. The Morgan fingerprint density at radius 3 is 2.74 bits per heavy atom. The highest BCUT2D eigenvalue weighted by molar-refractivity contribution is 7.89. The molecule has 0 radical (unpaired) electrons. The molecule has 7 nitrogen and oxygen atoms in total. The van der Waals surface area contributed by atoms with Crippen LogP contribution in [0.2, 0.25) is 0 Å². The molecule has 8 heteroatoms. The predicted octanol–water partition coefficient (Wildman–Crippen LogP) is 0.680. The molecule has 0 saturated carbocycles. The normalized spacial score (nSPS) is 11.5. The molecule has 0 unspecified atom stereocenters. The average molecular weight is 282 g/mol. The number of aromatic nitrogens is 2. The van der Waals surface area contributed by atoms with E-state index >= 15 is 0 Å². The van der Waals surface area contributed by atoms with Crippen LogP contribution in [0.15, 0.2) is 33.7 Å². The lowest BCUT2D eigenvalue weighted by molar-refractivity contribution is 0.387. The third-order valence-electron chi connectivity index (χ3n) is 2.43. The van der Waals surface area contributed by atoms with Gasteiger partial charge < -0.3 is 9.84 Å². The summed E-state index contributed by atoms with van der Waals surface area (Å²) in [4.78, 5) is 4.12. The van der Waals surface area contributed by atoms with Gasteiger partial charge in [-0.1, -0.05) is 17.3 Å². The van der Waals surface area contributed by atoms with Gasteiger partial charge in [-0.3, -0.25) is 0 Å². The van der Waals surface area contributed by atoms with E-state index in [1.807, 2.05) is 0 Å². The number of anilines is 1. The van der Waals surface area contributed by atoms with Crippen LogP contribution in [0.3, 0.4) is 0 Å². The van der Waals surface area contributed by atoms with Crippen LogP contribution >= 0.6 is 0 Å². The highest BCUT2D eigenvalue weighted by Gasteiger charge is 2.12. The summed E-state index contributed by atoms with van der Waals surface area (Å²) in [6.07, 6.45) is 0.524. The second-order valence-corrected chi connectivity index (χ2v) is 5.48. The van der Waals surface area contributed by atoms with Crippen molar-refractivity contribution in [3.63, 3.8) is 0 Å². The first kappa shape index (κ1) is 13.5. The van der Waals surface area contributed by atoms with E-state index in [1.165, 1.54) is 6.07 Å². The number of benzene rings is 1. The molecular formula is C11H14N4O3S. The minimum atomic E-state index is -3.74. The van der Waals surface area contributed by atoms with E-state index in [-0.39, 0.29) is 4.90 Å². The lowest BCUT2D eigenvalue weighted by Gasteiger charge is -2.09. The Morgan fingerprint density at radius 2 is 2.11 bits per heavy atom. The molecule has 0 saturated heterocycles. The van der Waals surface area contributed by atoms with Crippen molar-refractivity contribution >= 4 is 15.7 Å². The molecule has 19 heavy (non-hydrogen) atoms. The third kappa shape index (κ3) is 3.52. The molecule has 0 bridgehead atoms. The number of sulfonamides is 1. The van der Waals surface area contributed by atoms with Crippen molar-refractivity contribution in [3.05, 3.63) is 36.0 Å². The van der Waals surface area contributed by atoms with Crippen molar-refractivity contribution in [1.82, 2.24) is 10.1 Å². The summed E-state index contributed by atoms with van der Waals surface area (Å²) >= 11 is 0. The third-order valence-corrected chi connectivity index (χ3v) is 3.40. The predicted molar refractivity (Wildman–Crippen MR) is 69.0 cm³/mol. The van der Waals surface area contributed by atoms with Crippen LogP contribution in [0, 0.1) is 6.92 Å². The number of aryl methyl sites for hydroxylation is 1. The molecular weight excluding hydrogens is 268 g/mol. The number of hydrogen-bond acceptors (Lipinski definition) is 6. The van der Waals surface area contributed by atoms with Crippen molar-refractivity contribution in [1.29, 1.82) is 0 Å². The van der Waals surface area contributed by atoms with E-state index < -0.39 is 10.0 Å². The quantitative estimate of drug-likeness (QED) is 0.834. The fraction of sp³-hybridized carbons (Fsp3) is 0.273. The number of para-hydroxylation sites is 1. The fourth-order valence-corrected chi connectivity index (χ4v) is 2.33. The van der Waals surface area contributed by atoms with Crippen LogP contribution in [-0.4, -0.2) is 25.1 Å². The average Bonchev–Trinajstić information content (AvgIpc) is 2.74. The number of hydrogen-bond donors (Lipinski definition) is 2. The Labute approximate surface area is 110 Å². The molecule has 0 fully saturated rings. The number of nitrogens with one attached hydrogen (secondary N) is 1. The molecule has 3 N–H and O–H groups in total. The lowest BCUT2D eigenvalue weighted by atomic mass is 10.3. The van der Waals surface area contributed by atoms with Gasteiger partial charge >= 0.3 is 0 Å². The van der Waals surface area contributed by atoms with E-state index in [4.69, 9.17) is 9.66 Å². The topological polar surface area (TPSA) is 111 Å². The molecule has 0 aliphatic heterocycles. The van der Waals surface area contributed by atoms with E-state index in [9.17, 15) is 8.42 Å². The molecule has 2 rings (SSSR count). The highest BCUT2D eigenvalue weighted by Crippen LogP contribution is 2.18. The van der Waals surface area contributed by atoms with Gasteiger partial charge in [0.05, 0.1) is 5.69 Å². The summed E-state index contributed by atoms with van der Waals surface area (Å²) in [6.45, 7) is 2.19. The van der Waals surface area contributed by atoms with Crippen LogP contribution in [0.4, 0.5) is 5.69 Å². The standard InChI is InChI=1S/C11H14N4O3S/c1-8-14-11(15-18-8)6-7-13-9-4-2-3-5-10(9)19(12,16)17/h2-5,13H,6-7H2,1H3,(H2,12,16,17). The van der Waals surface area contributed by atoms with E-state index in [2.05, 4.69) is 15.5 Å². The SMILES string of the molecule is Cc1nc(CCNc2ccccc2S(N)(=O)=O)no1. The summed E-state index contributed by atoms with van der Waals surface area (Å²) in [5.41, 5.74) is 0.463. The van der Waals surface area contributed by atoms with E-state index in [1.54, 1.807) is 25.1 Å². The van der Waals surface area contributed by atoms with Gasteiger partial charge in [-0.2, -0.15) is 4.98 Å². The number of rotatable bonds is 5. The van der Waals surface area contributed by atoms with Crippen molar-refractivity contribution in [2.24, 2.45) is 5.14 Å². The zero-order valence-electron chi connectivity index (χ0n) is 10.3. The minimum Gasteiger partial charge on any atom is -0.383 e. The number of nitrogens with two attached hydrogens (primary N) is 1. The number of nitrogens with zero attached hydrogens (tertiary/aromatic N) is 2. The molecule has 0 aliphatic rings. The Morgan fingerprint density at radius 1 is 1.37 bits per heavy atom. The molecule has 1 aromatic carbocycles. The molecule has 1 aromatic heterocycles. The van der Waals surface area contributed by atoms with Crippen molar-refractivity contribution in [3.8, 4) is 0 Å². The molecule has 0 amide bonds. The van der Waals surface area contributed by atoms with Gasteiger partial charge in [-0.15, -0.1) is 0 Å². The monoisotopic (exact) mass is 282 g/mol. The van der Waals surface area contributed by atoms with Gasteiger partial charge in [-0.25, -0.2) is 13.6 Å². The zero-order valence-corrected chi connectivity index (χ0v) is 11.1. The minimum absolute atomic E-state index is 0.0688. The van der Waals surface area contributed by atoms with Gasteiger partial charge in [0.15, 0.2) is 5.82 Å². The van der Waals surface area contributed by atoms with Crippen molar-refractivity contribution in [2.75, 3.05) is 11.9 Å². The molecule has 2 aromatic rings. The van der Waals surface area contributed by atoms with Crippen LogP contribution in [0.1, 0.15) is 11.7 Å². The first-order valence-electron chi connectivity index (χ1n) is 5.62. The first-order chi connectivity index (χ1) is 8.97. The van der Waals surface area contributed by atoms with Crippen molar-refractivity contribution in [2.45, 2.75) is 18.2 Å². The van der Waals surface area contributed by atoms with Crippen LogP contribution < -0.4 is 10.5 Å². The van der Waals surface area contributed by atoms with Gasteiger partial charge in [0.25, 0.3) is 0 Å². The first-order valence-corrected chi connectivity index (χ1v) is 7.16. The molecule has 1 heterocycles. The van der Waals surface area contributed by atoms with Crippen LogP contribution in [0.25, 0.3) is 0 Å². The maximum absolute atomic E-state index is 11.4. The van der Waals surface area contributed by atoms with Crippen LogP contribution in [-0.2, 0) is 16.4 Å². The Hall–Kier alpha value is -1.93. The van der Waals surface area contributed by atoms with Crippen molar-refractivity contribution < 1.29 is 12.9 Å². The largest absolute Gasteiger partial charge is 0.383 e. The Bertz CT molecular complexity index is 666. The molecule has 0 aliphatic carbocycles. The van der Waals surface area contributed by atoms with Gasteiger partial charge in [0.1, 0.15) is 4.90 Å². The fourth-order valence-electron chi connectivity index (χ4n) is 1.61. The maximum Gasteiger partial charge on any atom is 0.240 e. The number of primary sulfonamides is 1. The van der Waals surface area contributed by atoms with Gasteiger partial charge in [0, 0.05) is 19.9 Å². The summed E-state index contributed by atoms with van der Waals surface area (Å²) in [5.74, 6) is 1.07. The van der Waals surface area contributed by atoms with E-state index in [0.717, 1.165) is 0 Å². The molecule has 102 valence electrons. The zero-order chi connectivity index (χ0) is 13.9. The summed E-state index contributed by atoms with van der Waals surface area (Å²) in [5, 5.41) is 11.9. The summed E-state index contributed by atoms with van der Waals surface area (Å²) in [6, 6.07) is 6.46. The van der Waals surface area contributed by atoms with Gasteiger partial charge in [0.2, 0.25) is 15.9 Å². The summed E-state index contributed by atoms with van der Waals surface area (Å²) in [7, 11) is -3.74.